The van der Waals surface area contributed by atoms with Crippen LogP contribution in [0.25, 0.3) is 0 Å². The van der Waals surface area contributed by atoms with E-state index in [2.05, 4.69) is 5.32 Å². The van der Waals surface area contributed by atoms with E-state index in [1.165, 1.54) is 11.8 Å². The first-order chi connectivity index (χ1) is 6.91. The summed E-state index contributed by atoms with van der Waals surface area (Å²) in [6, 6.07) is -1.21. The summed E-state index contributed by atoms with van der Waals surface area (Å²) in [6.07, 6.45) is 0. The van der Waals surface area contributed by atoms with Gasteiger partial charge in [0, 0.05) is 13.1 Å². The highest BCUT2D eigenvalue weighted by molar-refractivity contribution is 5.86. The van der Waals surface area contributed by atoms with Crippen molar-refractivity contribution in [2.75, 3.05) is 13.1 Å². The molecule has 0 spiro atoms. The Labute approximate surface area is 86.2 Å². The summed E-state index contributed by atoms with van der Waals surface area (Å²) in [5.41, 5.74) is 4.95. The number of primary amides is 1. The maximum absolute atomic E-state index is 11.3. The lowest BCUT2D eigenvalue weighted by molar-refractivity contribution is -0.146. The van der Waals surface area contributed by atoms with Crippen LogP contribution in [0.3, 0.4) is 0 Å². The molecule has 4 N–H and O–H groups in total. The number of nitrogens with one attached hydrogen (secondary N) is 1. The molecular weight excluding hydrogens is 202 g/mol. The zero-order valence-corrected chi connectivity index (χ0v) is 8.27. The van der Waals surface area contributed by atoms with Crippen LogP contribution in [0.15, 0.2) is 0 Å². The van der Waals surface area contributed by atoms with Crippen LogP contribution in [-0.4, -0.2) is 47.0 Å². The Kier molecular flexibility index (Phi) is 3.13. The number of nitrogens with zero attached hydrogens (tertiary/aromatic N) is 1. The topological polar surface area (TPSA) is 113 Å². The Morgan fingerprint density at radius 1 is 1.47 bits per heavy atom. The van der Waals surface area contributed by atoms with Crippen molar-refractivity contribution < 1.29 is 19.5 Å². The molecule has 0 aromatic rings. The van der Waals surface area contributed by atoms with Crippen LogP contribution in [0.5, 0.6) is 0 Å². The lowest BCUT2D eigenvalue weighted by atomic mass is 10.0. The van der Waals surface area contributed by atoms with Gasteiger partial charge in [0.25, 0.3) is 0 Å². The number of hydrogen-bond donors (Lipinski definition) is 3. The number of aliphatic carboxylic acids is 1. The lowest BCUT2D eigenvalue weighted by Gasteiger charge is -2.36. The number of carbonyl (C=O) groups excluding carboxylic acids is 2. The number of carboxylic acid groups (broad SMARTS) is 1. The van der Waals surface area contributed by atoms with Gasteiger partial charge in [-0.25, -0.2) is 4.79 Å². The third-order valence-corrected chi connectivity index (χ3v) is 2.28. The van der Waals surface area contributed by atoms with Gasteiger partial charge in [-0.1, -0.05) is 0 Å². The van der Waals surface area contributed by atoms with Crippen LogP contribution in [0, 0.1) is 5.92 Å². The number of carboxylic acids is 1. The third kappa shape index (κ3) is 2.58. The van der Waals surface area contributed by atoms with Crippen LogP contribution in [0.1, 0.15) is 6.92 Å². The first kappa shape index (κ1) is 11.3. The van der Waals surface area contributed by atoms with Crippen LogP contribution >= 0.6 is 0 Å². The largest absolute Gasteiger partial charge is 0.481 e. The Balaban J connectivity index is 2.32. The minimum absolute atomic E-state index is 0.173. The van der Waals surface area contributed by atoms with Crippen LogP contribution in [0.4, 0.5) is 4.79 Å². The summed E-state index contributed by atoms with van der Waals surface area (Å²) < 4.78 is 0. The maximum atomic E-state index is 11.3. The Hall–Kier alpha value is -1.79. The van der Waals surface area contributed by atoms with Gasteiger partial charge in [0.15, 0.2) is 0 Å². The monoisotopic (exact) mass is 215 g/mol. The van der Waals surface area contributed by atoms with E-state index in [4.69, 9.17) is 10.8 Å². The number of urea groups is 1. The molecule has 3 amide bonds. The number of nitrogens with two attached hydrogens (primary N) is 1. The fourth-order valence-electron chi connectivity index (χ4n) is 1.15. The van der Waals surface area contributed by atoms with Gasteiger partial charge in [-0.05, 0) is 6.92 Å². The lowest BCUT2D eigenvalue weighted by Crippen LogP contribution is -2.58. The Bertz CT molecular complexity index is 298. The van der Waals surface area contributed by atoms with Crippen LogP contribution in [-0.2, 0) is 9.59 Å². The minimum atomic E-state index is -0.915. The number of carbonyl (C=O) groups is 3. The maximum Gasteiger partial charge on any atom is 0.318 e. The second kappa shape index (κ2) is 4.16. The molecule has 1 aliphatic rings. The first-order valence-electron chi connectivity index (χ1n) is 4.49. The molecule has 0 saturated carbocycles. The zero-order valence-electron chi connectivity index (χ0n) is 8.27. The molecular formula is C8H13N3O4. The van der Waals surface area contributed by atoms with E-state index >= 15 is 0 Å². The number of rotatable bonds is 3. The molecule has 1 atom stereocenters. The Morgan fingerprint density at radius 3 is 2.40 bits per heavy atom. The molecule has 0 aromatic heterocycles. The third-order valence-electron chi connectivity index (χ3n) is 2.28. The average Bonchev–Trinajstić information content (AvgIpc) is 1.99. The molecule has 0 radical (unpaired) electrons. The van der Waals surface area contributed by atoms with E-state index in [-0.39, 0.29) is 13.1 Å². The molecule has 0 aliphatic carbocycles. The standard InChI is InChI=1S/C8H13N3O4/c1-4(6(9)12)10-8(15)11-2-5(3-11)7(13)14/h4-5H,2-3H2,1H3,(H2,9,12)(H,10,15)(H,13,14). The molecule has 15 heavy (non-hydrogen) atoms. The van der Waals surface area contributed by atoms with Crippen molar-refractivity contribution in [2.45, 2.75) is 13.0 Å². The summed E-state index contributed by atoms with van der Waals surface area (Å²) >= 11 is 0. The highest BCUT2D eigenvalue weighted by atomic mass is 16.4. The van der Waals surface area contributed by atoms with E-state index in [1.807, 2.05) is 0 Å². The van der Waals surface area contributed by atoms with Crippen molar-refractivity contribution >= 4 is 17.9 Å². The summed E-state index contributed by atoms with van der Waals surface area (Å²) in [6.45, 7) is 1.81. The molecule has 0 aromatic carbocycles. The highest BCUT2D eigenvalue weighted by Gasteiger charge is 2.36. The molecule has 1 rings (SSSR count). The molecule has 7 heteroatoms. The number of likely N-dealkylation sites (tertiary alicyclic amines) is 1. The molecule has 1 saturated heterocycles. The zero-order chi connectivity index (χ0) is 11.6. The van der Waals surface area contributed by atoms with Crippen LogP contribution < -0.4 is 11.1 Å². The minimum Gasteiger partial charge on any atom is -0.481 e. The van der Waals surface area contributed by atoms with E-state index in [9.17, 15) is 14.4 Å². The fourth-order valence-corrected chi connectivity index (χ4v) is 1.15. The van der Waals surface area contributed by atoms with Crippen molar-refractivity contribution in [3.8, 4) is 0 Å². The van der Waals surface area contributed by atoms with Gasteiger partial charge in [0.2, 0.25) is 5.91 Å². The predicted molar refractivity (Wildman–Crippen MR) is 49.9 cm³/mol. The normalized spacial score (nSPS) is 17.8. The van der Waals surface area contributed by atoms with E-state index in [0.717, 1.165) is 0 Å². The quantitative estimate of drug-likeness (QED) is 0.536. The van der Waals surface area contributed by atoms with Gasteiger partial charge in [-0.2, -0.15) is 0 Å². The van der Waals surface area contributed by atoms with Gasteiger partial charge in [-0.15, -0.1) is 0 Å². The van der Waals surface area contributed by atoms with E-state index in [0.29, 0.717) is 0 Å². The average molecular weight is 215 g/mol. The summed E-state index contributed by atoms with van der Waals surface area (Å²) in [5.74, 6) is -2.04. The van der Waals surface area contributed by atoms with Crippen molar-refractivity contribution in [1.82, 2.24) is 10.2 Å². The second-order valence-electron chi connectivity index (χ2n) is 3.51. The van der Waals surface area contributed by atoms with Crippen molar-refractivity contribution in [3.63, 3.8) is 0 Å². The molecule has 1 unspecified atom stereocenters. The van der Waals surface area contributed by atoms with Crippen molar-refractivity contribution in [2.24, 2.45) is 11.7 Å². The molecule has 84 valence electrons. The molecule has 1 heterocycles. The molecule has 0 bridgehead atoms. The van der Waals surface area contributed by atoms with Gasteiger partial charge in [-0.3, -0.25) is 9.59 Å². The second-order valence-corrected chi connectivity index (χ2v) is 3.51. The predicted octanol–water partition coefficient (Wildman–Crippen LogP) is -1.41. The van der Waals surface area contributed by atoms with Gasteiger partial charge in [0.1, 0.15) is 6.04 Å². The Morgan fingerprint density at radius 2 is 2.00 bits per heavy atom. The molecule has 1 fully saturated rings. The number of amides is 3. The van der Waals surface area contributed by atoms with Crippen molar-refractivity contribution in [1.29, 1.82) is 0 Å². The summed E-state index contributed by atoms with van der Waals surface area (Å²) in [4.78, 5) is 33.7. The summed E-state index contributed by atoms with van der Waals surface area (Å²) in [5, 5.41) is 10.9. The molecule has 7 nitrogen and oxygen atoms in total. The van der Waals surface area contributed by atoms with Crippen molar-refractivity contribution in [3.05, 3.63) is 0 Å². The SMILES string of the molecule is CC(NC(=O)N1CC(C(=O)O)C1)C(N)=O. The van der Waals surface area contributed by atoms with Crippen LogP contribution in [0.2, 0.25) is 0 Å². The highest BCUT2D eigenvalue weighted by Crippen LogP contribution is 2.15. The van der Waals surface area contributed by atoms with Gasteiger partial charge in [0.05, 0.1) is 5.92 Å². The fraction of sp³-hybridized carbons (Fsp3) is 0.625. The number of hydrogen-bond acceptors (Lipinski definition) is 3. The molecule has 1 aliphatic heterocycles. The van der Waals surface area contributed by atoms with Gasteiger partial charge >= 0.3 is 12.0 Å². The first-order valence-corrected chi connectivity index (χ1v) is 4.49. The van der Waals surface area contributed by atoms with Gasteiger partial charge < -0.3 is 21.1 Å². The summed E-state index contributed by atoms with van der Waals surface area (Å²) in [7, 11) is 0. The van der Waals surface area contributed by atoms with E-state index in [1.54, 1.807) is 0 Å². The smallest absolute Gasteiger partial charge is 0.318 e. The van der Waals surface area contributed by atoms with E-state index < -0.39 is 29.9 Å².